The number of hydrogen-bond acceptors (Lipinski definition) is 8. The number of thioether (sulfide) groups is 1. The van der Waals surface area contributed by atoms with Crippen LogP contribution in [-0.2, 0) is 6.54 Å². The molecule has 0 spiro atoms. The van der Waals surface area contributed by atoms with Gasteiger partial charge in [0.1, 0.15) is 0 Å². The fourth-order valence-corrected chi connectivity index (χ4v) is 5.11. The lowest BCUT2D eigenvalue weighted by molar-refractivity contribution is 0.827. The van der Waals surface area contributed by atoms with E-state index in [0.717, 1.165) is 34.5 Å². The van der Waals surface area contributed by atoms with Gasteiger partial charge in [0.2, 0.25) is 11.9 Å². The Morgan fingerprint density at radius 3 is 2.19 bits per heavy atom. The van der Waals surface area contributed by atoms with Crippen LogP contribution in [0.2, 0.25) is 0 Å². The van der Waals surface area contributed by atoms with E-state index in [1.165, 1.54) is 33.6 Å². The van der Waals surface area contributed by atoms with E-state index in [1.54, 1.807) is 0 Å². The highest BCUT2D eigenvalue weighted by Gasteiger charge is 2.12. The molecule has 0 unspecified atom stereocenters. The average molecular weight is 507 g/mol. The summed E-state index contributed by atoms with van der Waals surface area (Å²) in [6, 6.07) is 22.6. The van der Waals surface area contributed by atoms with Gasteiger partial charge in [0.25, 0.3) is 0 Å². The van der Waals surface area contributed by atoms with Crippen LogP contribution in [0.3, 0.4) is 0 Å². The van der Waals surface area contributed by atoms with Crippen LogP contribution in [0.1, 0.15) is 12.6 Å². The summed E-state index contributed by atoms with van der Waals surface area (Å²) >= 11 is 1.46. The largest absolute Gasteiger partial charge is 0.398 e. The molecule has 0 aliphatic carbocycles. The lowest BCUT2D eigenvalue weighted by atomic mass is 10.1. The first-order valence-electron chi connectivity index (χ1n) is 12.0. The minimum Gasteiger partial charge on any atom is -0.398 e. The molecule has 0 bridgehead atoms. The molecule has 3 heterocycles. The number of fused-ring (bicyclic) bond motifs is 4. The van der Waals surface area contributed by atoms with Crippen LogP contribution in [0.4, 0.5) is 29.0 Å². The number of benzene rings is 3. The van der Waals surface area contributed by atoms with Gasteiger partial charge >= 0.3 is 0 Å². The Hall–Kier alpha value is -4.37. The number of anilines is 5. The molecule has 0 fully saturated rings. The molecule has 184 valence electrons. The minimum absolute atomic E-state index is 0.448. The molecule has 0 atom stereocenters. The molecule has 37 heavy (non-hydrogen) atoms. The summed E-state index contributed by atoms with van der Waals surface area (Å²) in [7, 11) is 0. The second-order valence-corrected chi connectivity index (χ2v) is 9.57. The molecule has 8 nitrogen and oxygen atoms in total. The standard InChI is InChI=1S/C28H26N8S/c1-4-36-24-8-6-5-7-19(24)20-14-18(10-12-25(20)36)32-27-33-26(34-28(35-27)37-3)31-17-9-11-23-21(15-17)22(29)13-16(2)30-23/h5-15H,4H2,1-3H3,(H2,29,30)(H2,31,32,33,34,35). The summed E-state index contributed by atoms with van der Waals surface area (Å²) in [6.45, 7) is 5.01. The zero-order valence-corrected chi connectivity index (χ0v) is 21.6. The Bertz CT molecular complexity index is 1790. The first kappa shape index (κ1) is 23.1. The Balaban J connectivity index is 1.34. The maximum atomic E-state index is 6.24. The smallest absolute Gasteiger partial charge is 0.233 e. The highest BCUT2D eigenvalue weighted by atomic mass is 32.2. The van der Waals surface area contributed by atoms with Gasteiger partial charge in [-0.1, -0.05) is 30.0 Å². The number of pyridine rings is 1. The maximum Gasteiger partial charge on any atom is 0.233 e. The van der Waals surface area contributed by atoms with Crippen molar-refractivity contribution in [3.63, 3.8) is 0 Å². The molecule has 0 saturated heterocycles. The fourth-order valence-electron chi connectivity index (χ4n) is 4.76. The van der Waals surface area contributed by atoms with Gasteiger partial charge in [-0.05, 0) is 68.6 Å². The maximum absolute atomic E-state index is 6.24. The minimum atomic E-state index is 0.448. The van der Waals surface area contributed by atoms with E-state index in [2.05, 4.69) is 84.5 Å². The zero-order valence-electron chi connectivity index (χ0n) is 20.8. The Morgan fingerprint density at radius 1 is 0.784 bits per heavy atom. The highest BCUT2D eigenvalue weighted by molar-refractivity contribution is 7.98. The summed E-state index contributed by atoms with van der Waals surface area (Å²) < 4.78 is 2.33. The monoisotopic (exact) mass is 506 g/mol. The second kappa shape index (κ2) is 9.25. The van der Waals surface area contributed by atoms with Gasteiger partial charge in [0, 0.05) is 56.5 Å². The van der Waals surface area contributed by atoms with Crippen molar-refractivity contribution in [2.75, 3.05) is 22.6 Å². The lowest BCUT2D eigenvalue weighted by Gasteiger charge is -2.11. The Labute approximate surface area is 218 Å². The predicted molar refractivity (Wildman–Crippen MR) is 154 cm³/mol. The number of nitrogens with one attached hydrogen (secondary N) is 2. The topological polar surface area (TPSA) is 107 Å². The molecule has 3 aromatic heterocycles. The van der Waals surface area contributed by atoms with Crippen molar-refractivity contribution in [3.05, 3.63) is 72.4 Å². The van der Waals surface area contributed by atoms with Gasteiger partial charge in [0.05, 0.1) is 5.52 Å². The Kier molecular flexibility index (Phi) is 5.77. The van der Waals surface area contributed by atoms with Gasteiger partial charge < -0.3 is 20.9 Å². The number of para-hydroxylation sites is 1. The molecule has 6 aromatic rings. The molecule has 0 saturated carbocycles. The first-order valence-corrected chi connectivity index (χ1v) is 13.3. The molecular weight excluding hydrogens is 480 g/mol. The van der Waals surface area contributed by atoms with Crippen molar-refractivity contribution in [3.8, 4) is 0 Å². The molecule has 0 aliphatic heterocycles. The summed E-state index contributed by atoms with van der Waals surface area (Å²) in [5.41, 5.74) is 12.8. The van der Waals surface area contributed by atoms with Gasteiger partial charge in [-0.25, -0.2) is 0 Å². The summed E-state index contributed by atoms with van der Waals surface area (Å²) in [4.78, 5) is 18.3. The number of nitrogens with zero attached hydrogens (tertiary/aromatic N) is 5. The van der Waals surface area contributed by atoms with E-state index in [4.69, 9.17) is 5.73 Å². The molecular formula is C28H26N8S. The molecule has 4 N–H and O–H groups in total. The summed E-state index contributed by atoms with van der Waals surface area (Å²) in [5, 5.41) is 10.6. The number of rotatable bonds is 6. The molecule has 6 rings (SSSR count). The number of nitrogen functional groups attached to an aromatic ring is 1. The van der Waals surface area contributed by atoms with E-state index in [9.17, 15) is 0 Å². The van der Waals surface area contributed by atoms with E-state index in [0.29, 0.717) is 22.7 Å². The van der Waals surface area contributed by atoms with Crippen LogP contribution in [-0.4, -0.2) is 30.8 Å². The van der Waals surface area contributed by atoms with Crippen LogP contribution in [0.5, 0.6) is 0 Å². The number of nitrogens with two attached hydrogens (primary N) is 1. The number of aromatic nitrogens is 5. The van der Waals surface area contributed by atoms with Crippen LogP contribution in [0.15, 0.2) is 71.9 Å². The number of aryl methyl sites for hydroxylation is 2. The summed E-state index contributed by atoms with van der Waals surface area (Å²) in [5.74, 6) is 0.918. The molecule has 3 aromatic carbocycles. The van der Waals surface area contributed by atoms with Crippen LogP contribution in [0.25, 0.3) is 32.7 Å². The molecule has 0 radical (unpaired) electrons. The van der Waals surface area contributed by atoms with E-state index < -0.39 is 0 Å². The van der Waals surface area contributed by atoms with Crippen molar-refractivity contribution in [2.24, 2.45) is 0 Å². The lowest BCUT2D eigenvalue weighted by Crippen LogP contribution is -2.05. The van der Waals surface area contributed by atoms with Crippen LogP contribution >= 0.6 is 11.8 Å². The average Bonchev–Trinajstić information content (AvgIpc) is 3.22. The third-order valence-electron chi connectivity index (χ3n) is 6.37. The van der Waals surface area contributed by atoms with Gasteiger partial charge in [-0.3, -0.25) is 4.98 Å². The van der Waals surface area contributed by atoms with Gasteiger partial charge in [-0.15, -0.1) is 0 Å². The second-order valence-electron chi connectivity index (χ2n) is 8.80. The Morgan fingerprint density at radius 2 is 1.46 bits per heavy atom. The summed E-state index contributed by atoms with van der Waals surface area (Å²) in [6.07, 6.45) is 1.94. The molecule has 0 amide bonds. The first-order chi connectivity index (χ1) is 18.0. The van der Waals surface area contributed by atoms with Gasteiger partial charge in [-0.2, -0.15) is 15.0 Å². The van der Waals surface area contributed by atoms with Crippen LogP contribution < -0.4 is 16.4 Å². The zero-order chi connectivity index (χ0) is 25.5. The molecule has 0 aliphatic rings. The quantitative estimate of drug-likeness (QED) is 0.216. The van der Waals surface area contributed by atoms with Crippen molar-refractivity contribution in [1.29, 1.82) is 0 Å². The third-order valence-corrected chi connectivity index (χ3v) is 6.91. The van der Waals surface area contributed by atoms with E-state index >= 15 is 0 Å². The van der Waals surface area contributed by atoms with Crippen LogP contribution in [0, 0.1) is 6.92 Å². The van der Waals surface area contributed by atoms with Crippen molar-refractivity contribution in [2.45, 2.75) is 25.5 Å². The normalized spacial score (nSPS) is 11.4. The third kappa shape index (κ3) is 4.27. The van der Waals surface area contributed by atoms with Gasteiger partial charge in [0.15, 0.2) is 5.16 Å². The number of hydrogen-bond donors (Lipinski definition) is 3. The van der Waals surface area contributed by atoms with Crippen molar-refractivity contribution < 1.29 is 0 Å². The van der Waals surface area contributed by atoms with Crippen molar-refractivity contribution in [1.82, 2.24) is 24.5 Å². The predicted octanol–water partition coefficient (Wildman–Crippen LogP) is 6.65. The highest BCUT2D eigenvalue weighted by Crippen LogP contribution is 2.32. The van der Waals surface area contributed by atoms with E-state index in [-0.39, 0.29) is 0 Å². The van der Waals surface area contributed by atoms with E-state index in [1.807, 2.05) is 37.4 Å². The van der Waals surface area contributed by atoms with Crippen molar-refractivity contribution >= 4 is 73.4 Å². The molecule has 9 heteroatoms. The fraction of sp³-hybridized carbons (Fsp3) is 0.143. The SMILES string of the molecule is CCn1c2ccccc2c2cc(Nc3nc(Nc4ccc5nc(C)cc(N)c5c4)nc(SC)n3)ccc21.